The Morgan fingerprint density at radius 1 is 1.50 bits per heavy atom. The fourth-order valence-electron chi connectivity index (χ4n) is 2.59. The molecule has 4 heteroatoms. The van der Waals surface area contributed by atoms with Crippen LogP contribution in [0.25, 0.3) is 11.0 Å². The van der Waals surface area contributed by atoms with E-state index in [1.165, 1.54) is 12.8 Å². The highest BCUT2D eigenvalue weighted by Gasteiger charge is 2.31. The molecule has 0 amide bonds. The summed E-state index contributed by atoms with van der Waals surface area (Å²) < 4.78 is 7.58. The lowest BCUT2D eigenvalue weighted by Gasteiger charge is -2.16. The molecule has 2 aromatic rings. The molecule has 1 fully saturated rings. The Hall–Kier alpha value is -1.22. The Morgan fingerprint density at radius 3 is 2.89 bits per heavy atom. The molecule has 1 aromatic carbocycles. The predicted molar refractivity (Wildman–Crippen MR) is 73.3 cm³/mol. The van der Waals surface area contributed by atoms with Gasteiger partial charge in [0.2, 0.25) is 0 Å². The van der Waals surface area contributed by atoms with Crippen molar-refractivity contribution >= 4 is 22.6 Å². The van der Waals surface area contributed by atoms with Crippen LogP contribution < -0.4 is 4.74 Å². The maximum Gasteiger partial charge on any atom is 0.125 e. The SMILES string of the molecule is COc1ccc2nc(CCl)n(C(C)C3CC3)c2c1. The van der Waals surface area contributed by atoms with Gasteiger partial charge in [-0.15, -0.1) is 11.6 Å². The second kappa shape index (κ2) is 4.47. The van der Waals surface area contributed by atoms with Crippen LogP contribution in [-0.4, -0.2) is 16.7 Å². The van der Waals surface area contributed by atoms with Crippen LogP contribution in [0.1, 0.15) is 31.6 Å². The number of imidazole rings is 1. The number of ether oxygens (including phenoxy) is 1. The summed E-state index contributed by atoms with van der Waals surface area (Å²) in [5.41, 5.74) is 2.13. The molecule has 3 rings (SSSR count). The maximum absolute atomic E-state index is 6.03. The van der Waals surface area contributed by atoms with Crippen molar-refractivity contribution < 1.29 is 4.74 Å². The Morgan fingerprint density at radius 2 is 2.28 bits per heavy atom. The van der Waals surface area contributed by atoms with Crippen LogP contribution in [0.4, 0.5) is 0 Å². The highest BCUT2D eigenvalue weighted by atomic mass is 35.5. The molecule has 0 bridgehead atoms. The zero-order chi connectivity index (χ0) is 12.7. The summed E-state index contributed by atoms with van der Waals surface area (Å²) in [5, 5.41) is 0. The quantitative estimate of drug-likeness (QED) is 0.787. The topological polar surface area (TPSA) is 27.1 Å². The molecule has 0 aliphatic heterocycles. The van der Waals surface area contributed by atoms with E-state index in [1.807, 2.05) is 12.1 Å². The smallest absolute Gasteiger partial charge is 0.125 e. The Bertz CT molecular complexity index is 574. The summed E-state index contributed by atoms with van der Waals surface area (Å²) in [6, 6.07) is 6.47. The Kier molecular flexibility index (Phi) is 2.94. The van der Waals surface area contributed by atoms with Crippen molar-refractivity contribution in [3.05, 3.63) is 24.0 Å². The van der Waals surface area contributed by atoms with E-state index in [1.54, 1.807) is 7.11 Å². The molecule has 0 spiro atoms. The minimum atomic E-state index is 0.452. The average Bonchev–Trinajstić information content (AvgIpc) is 3.18. The van der Waals surface area contributed by atoms with Crippen LogP contribution in [0.15, 0.2) is 18.2 Å². The second-order valence-electron chi connectivity index (χ2n) is 4.96. The number of rotatable bonds is 4. The summed E-state index contributed by atoms with van der Waals surface area (Å²) in [4.78, 5) is 4.61. The van der Waals surface area contributed by atoms with Crippen LogP contribution in [0, 0.1) is 5.92 Å². The van der Waals surface area contributed by atoms with Crippen LogP contribution in [0.2, 0.25) is 0 Å². The van der Waals surface area contributed by atoms with E-state index < -0.39 is 0 Å². The van der Waals surface area contributed by atoms with Gasteiger partial charge in [0, 0.05) is 12.1 Å². The molecule has 3 nitrogen and oxygen atoms in total. The van der Waals surface area contributed by atoms with Gasteiger partial charge in [0.15, 0.2) is 0 Å². The third kappa shape index (κ3) is 1.87. The van der Waals surface area contributed by atoms with Gasteiger partial charge in [0.25, 0.3) is 0 Å². The van der Waals surface area contributed by atoms with E-state index in [2.05, 4.69) is 22.5 Å². The molecule has 1 unspecified atom stereocenters. The fraction of sp³-hybridized carbons (Fsp3) is 0.500. The summed E-state index contributed by atoms with van der Waals surface area (Å²) in [5.74, 6) is 3.05. The molecule has 0 saturated heterocycles. The molecule has 1 atom stereocenters. The Labute approximate surface area is 112 Å². The van der Waals surface area contributed by atoms with Gasteiger partial charge >= 0.3 is 0 Å². The first-order valence-corrected chi connectivity index (χ1v) is 6.89. The first kappa shape index (κ1) is 11.8. The van der Waals surface area contributed by atoms with Gasteiger partial charge in [-0.05, 0) is 37.8 Å². The number of methoxy groups -OCH3 is 1. The van der Waals surface area contributed by atoms with Gasteiger partial charge in [0.1, 0.15) is 11.6 Å². The zero-order valence-electron chi connectivity index (χ0n) is 10.7. The Balaban J connectivity index is 2.17. The van der Waals surface area contributed by atoms with E-state index in [9.17, 15) is 0 Å². The number of hydrogen-bond acceptors (Lipinski definition) is 2. The number of hydrogen-bond donors (Lipinski definition) is 0. The van der Waals surface area contributed by atoms with E-state index >= 15 is 0 Å². The van der Waals surface area contributed by atoms with Crippen molar-refractivity contribution in [1.29, 1.82) is 0 Å². The standard InChI is InChI=1S/C14H17ClN2O/c1-9(10-3-4-10)17-13-7-11(18-2)5-6-12(13)16-14(17)8-15/h5-7,9-10H,3-4,8H2,1-2H3. The van der Waals surface area contributed by atoms with Crippen molar-refractivity contribution in [3.8, 4) is 5.75 Å². The molecule has 18 heavy (non-hydrogen) atoms. The number of halogens is 1. The highest BCUT2D eigenvalue weighted by molar-refractivity contribution is 6.16. The number of alkyl halides is 1. The van der Waals surface area contributed by atoms with Gasteiger partial charge in [0.05, 0.1) is 24.0 Å². The van der Waals surface area contributed by atoms with Gasteiger partial charge in [-0.1, -0.05) is 0 Å². The van der Waals surface area contributed by atoms with E-state index in [0.717, 1.165) is 28.5 Å². The molecular weight excluding hydrogens is 248 g/mol. The van der Waals surface area contributed by atoms with E-state index in [4.69, 9.17) is 16.3 Å². The molecule has 1 aromatic heterocycles. The molecule has 1 heterocycles. The number of aromatic nitrogens is 2. The summed E-state index contributed by atoms with van der Waals surface area (Å²) in [6.45, 7) is 2.26. The third-order valence-corrected chi connectivity index (χ3v) is 4.04. The van der Waals surface area contributed by atoms with Crippen molar-refractivity contribution in [2.45, 2.75) is 31.7 Å². The minimum Gasteiger partial charge on any atom is -0.497 e. The van der Waals surface area contributed by atoms with Crippen LogP contribution in [0.5, 0.6) is 5.75 Å². The third-order valence-electron chi connectivity index (χ3n) is 3.80. The van der Waals surface area contributed by atoms with Crippen LogP contribution >= 0.6 is 11.6 Å². The molecule has 0 radical (unpaired) electrons. The van der Waals surface area contributed by atoms with Gasteiger partial charge < -0.3 is 9.30 Å². The van der Waals surface area contributed by atoms with Crippen molar-refractivity contribution in [3.63, 3.8) is 0 Å². The minimum absolute atomic E-state index is 0.452. The highest BCUT2D eigenvalue weighted by Crippen LogP contribution is 2.41. The summed E-state index contributed by atoms with van der Waals surface area (Å²) >= 11 is 6.03. The maximum atomic E-state index is 6.03. The lowest BCUT2D eigenvalue weighted by molar-refractivity contribution is 0.414. The molecular formula is C14H17ClN2O. The van der Waals surface area contributed by atoms with Crippen molar-refractivity contribution in [2.24, 2.45) is 5.92 Å². The number of nitrogens with zero attached hydrogens (tertiary/aromatic N) is 2. The lowest BCUT2D eigenvalue weighted by Crippen LogP contribution is -2.10. The summed E-state index contributed by atoms with van der Waals surface area (Å²) in [6.07, 6.45) is 2.62. The molecule has 1 aliphatic carbocycles. The first-order chi connectivity index (χ1) is 8.74. The fourth-order valence-corrected chi connectivity index (χ4v) is 2.78. The van der Waals surface area contributed by atoms with Gasteiger partial charge in [-0.2, -0.15) is 0 Å². The molecule has 96 valence electrons. The largest absolute Gasteiger partial charge is 0.497 e. The van der Waals surface area contributed by atoms with Crippen LogP contribution in [-0.2, 0) is 5.88 Å². The van der Waals surface area contributed by atoms with Crippen molar-refractivity contribution in [1.82, 2.24) is 9.55 Å². The van der Waals surface area contributed by atoms with Crippen molar-refractivity contribution in [2.75, 3.05) is 7.11 Å². The lowest BCUT2D eigenvalue weighted by atomic mass is 10.2. The van der Waals surface area contributed by atoms with Crippen LogP contribution in [0.3, 0.4) is 0 Å². The predicted octanol–water partition coefficient (Wildman–Crippen LogP) is 3.75. The summed E-state index contributed by atoms with van der Waals surface area (Å²) in [7, 11) is 1.69. The number of benzene rings is 1. The number of fused-ring (bicyclic) bond motifs is 1. The van der Waals surface area contributed by atoms with Gasteiger partial charge in [-0.25, -0.2) is 4.98 Å². The van der Waals surface area contributed by atoms with E-state index in [-0.39, 0.29) is 0 Å². The monoisotopic (exact) mass is 264 g/mol. The van der Waals surface area contributed by atoms with Gasteiger partial charge in [-0.3, -0.25) is 0 Å². The molecule has 0 N–H and O–H groups in total. The average molecular weight is 265 g/mol. The van der Waals surface area contributed by atoms with E-state index in [0.29, 0.717) is 11.9 Å². The normalized spacial score (nSPS) is 17.1. The molecule has 1 saturated carbocycles. The first-order valence-electron chi connectivity index (χ1n) is 6.35. The second-order valence-corrected chi connectivity index (χ2v) is 5.23. The zero-order valence-corrected chi connectivity index (χ0v) is 11.4. The molecule has 1 aliphatic rings.